The third-order valence-electron chi connectivity index (χ3n) is 7.96. The van der Waals surface area contributed by atoms with Gasteiger partial charge in [-0.25, -0.2) is 0 Å². The van der Waals surface area contributed by atoms with Crippen LogP contribution in [0.4, 0.5) is 0 Å². The van der Waals surface area contributed by atoms with Gasteiger partial charge in [0, 0.05) is 56.4 Å². The molecule has 3 aliphatic rings. The molecule has 0 N–H and O–H groups in total. The molecule has 0 radical (unpaired) electrons. The van der Waals surface area contributed by atoms with Gasteiger partial charge in [-0.1, -0.05) is 30.3 Å². The molecule has 0 aliphatic carbocycles. The quantitative estimate of drug-likeness (QED) is 0.449. The second-order valence-electron chi connectivity index (χ2n) is 9.87. The van der Waals surface area contributed by atoms with Crippen LogP contribution >= 0.6 is 23.2 Å². The number of alkyl halides is 2. The van der Waals surface area contributed by atoms with Crippen LogP contribution in [0.5, 0.6) is 0 Å². The molecule has 0 aromatic heterocycles. The Morgan fingerprint density at radius 2 is 1.75 bits per heavy atom. The Hall–Kier alpha value is -0.810. The zero-order chi connectivity index (χ0) is 22.3. The molecule has 4 rings (SSSR count). The Labute approximate surface area is 204 Å². The number of halogens is 2. The van der Waals surface area contributed by atoms with Crippen molar-refractivity contribution < 1.29 is 4.79 Å². The molecule has 3 heterocycles. The van der Waals surface area contributed by atoms with Gasteiger partial charge in [0.05, 0.1) is 0 Å². The van der Waals surface area contributed by atoms with Gasteiger partial charge in [-0.3, -0.25) is 14.6 Å². The number of hydrogen-bond acceptors (Lipinski definition) is 3. The van der Waals surface area contributed by atoms with Crippen LogP contribution in [-0.2, 0) is 11.3 Å². The van der Waals surface area contributed by atoms with Gasteiger partial charge in [-0.2, -0.15) is 0 Å². The maximum absolute atomic E-state index is 12.8. The highest BCUT2D eigenvalue weighted by Crippen LogP contribution is 2.43. The molecule has 0 unspecified atom stereocenters. The largest absolute Gasteiger partial charge is 0.340 e. The number of hydrogen-bond donors (Lipinski definition) is 0. The minimum atomic E-state index is 0.206. The summed E-state index contributed by atoms with van der Waals surface area (Å²) in [6.07, 6.45) is 8.05. The Bertz CT molecular complexity index is 710. The normalized spacial score (nSPS) is 28.3. The van der Waals surface area contributed by atoms with E-state index in [0.29, 0.717) is 37.3 Å². The fraction of sp³-hybridized carbons (Fsp3) is 0.731. The molecule has 1 aromatic rings. The Balaban J connectivity index is 1.45. The Morgan fingerprint density at radius 1 is 1.03 bits per heavy atom. The first-order valence-corrected chi connectivity index (χ1v) is 13.7. The summed E-state index contributed by atoms with van der Waals surface area (Å²) in [5.74, 6) is 2.69. The molecule has 0 spiro atoms. The second-order valence-corrected chi connectivity index (χ2v) is 10.6. The van der Waals surface area contributed by atoms with Crippen molar-refractivity contribution >= 4 is 29.1 Å². The van der Waals surface area contributed by atoms with Crippen molar-refractivity contribution in [3.05, 3.63) is 35.9 Å². The topological polar surface area (TPSA) is 26.8 Å². The molecule has 4 atom stereocenters. The predicted octanol–water partition coefficient (Wildman–Crippen LogP) is 4.84. The van der Waals surface area contributed by atoms with Gasteiger partial charge < -0.3 is 4.90 Å². The number of likely N-dealkylation sites (tertiary alicyclic amines) is 1. The van der Waals surface area contributed by atoms with Crippen molar-refractivity contribution in [1.29, 1.82) is 0 Å². The summed E-state index contributed by atoms with van der Waals surface area (Å²) in [5, 5.41) is 0. The van der Waals surface area contributed by atoms with Crippen LogP contribution in [-0.4, -0.2) is 77.2 Å². The lowest BCUT2D eigenvalue weighted by atomic mass is 9.69. The van der Waals surface area contributed by atoms with Crippen LogP contribution in [0.3, 0.4) is 0 Å². The van der Waals surface area contributed by atoms with Crippen LogP contribution < -0.4 is 0 Å². The van der Waals surface area contributed by atoms with Gasteiger partial charge in [-0.05, 0) is 69.0 Å². The number of piperidine rings is 3. The van der Waals surface area contributed by atoms with E-state index in [0.717, 1.165) is 37.3 Å². The summed E-state index contributed by atoms with van der Waals surface area (Å²) >= 11 is 11.8. The SMILES string of the molecule is O=C(CCC[C@H]1[C@H]2CCCN3CCC[C@H](CN1Cc1ccccc1)[C@@H]23)N(CCCl)CCCl. The smallest absolute Gasteiger partial charge is 0.222 e. The minimum Gasteiger partial charge on any atom is -0.340 e. The molecule has 178 valence electrons. The first-order chi connectivity index (χ1) is 15.7. The van der Waals surface area contributed by atoms with E-state index >= 15 is 0 Å². The number of benzene rings is 1. The van der Waals surface area contributed by atoms with Crippen LogP contribution in [0.2, 0.25) is 0 Å². The van der Waals surface area contributed by atoms with E-state index in [-0.39, 0.29) is 5.91 Å². The fourth-order valence-corrected chi connectivity index (χ4v) is 7.07. The van der Waals surface area contributed by atoms with Crippen molar-refractivity contribution in [2.75, 3.05) is 44.5 Å². The average molecular weight is 481 g/mol. The van der Waals surface area contributed by atoms with Gasteiger partial charge in [0.1, 0.15) is 0 Å². The summed E-state index contributed by atoms with van der Waals surface area (Å²) in [4.78, 5) is 20.2. The van der Waals surface area contributed by atoms with Crippen LogP contribution in [0.1, 0.15) is 50.5 Å². The highest BCUT2D eigenvalue weighted by Gasteiger charge is 2.48. The molecule has 0 bridgehead atoms. The van der Waals surface area contributed by atoms with E-state index in [2.05, 4.69) is 40.1 Å². The van der Waals surface area contributed by atoms with Crippen molar-refractivity contribution in [3.8, 4) is 0 Å². The molecule has 0 saturated carbocycles. The monoisotopic (exact) mass is 479 g/mol. The van der Waals surface area contributed by atoms with Crippen molar-refractivity contribution in [2.24, 2.45) is 11.8 Å². The van der Waals surface area contributed by atoms with Gasteiger partial charge in [0.15, 0.2) is 0 Å². The van der Waals surface area contributed by atoms with Gasteiger partial charge >= 0.3 is 0 Å². The standard InChI is InChI=1S/C26H39Cl2N3O/c27-13-17-29(18-14-28)25(32)12-4-11-24-23-10-6-16-30-15-5-9-22(26(23)30)20-31(24)19-21-7-2-1-3-8-21/h1-3,7-8,22-24,26H,4-6,9-20H2/t22-,23-,24+,26+/m1/s1. The summed E-state index contributed by atoms with van der Waals surface area (Å²) in [6.45, 7) is 6.00. The Morgan fingerprint density at radius 3 is 2.47 bits per heavy atom. The molecule has 3 fully saturated rings. The molecule has 6 heteroatoms. The summed E-state index contributed by atoms with van der Waals surface area (Å²) in [7, 11) is 0. The number of nitrogens with zero attached hydrogens (tertiary/aromatic N) is 3. The van der Waals surface area contributed by atoms with E-state index in [1.165, 1.54) is 50.9 Å². The molecular formula is C26H39Cl2N3O. The molecular weight excluding hydrogens is 441 g/mol. The second kappa shape index (κ2) is 12.1. The van der Waals surface area contributed by atoms with E-state index in [1.807, 2.05) is 4.90 Å². The summed E-state index contributed by atoms with van der Waals surface area (Å²) in [6, 6.07) is 12.3. The third-order valence-corrected chi connectivity index (χ3v) is 8.30. The zero-order valence-corrected chi connectivity index (χ0v) is 20.8. The fourth-order valence-electron chi connectivity index (χ4n) is 6.67. The van der Waals surface area contributed by atoms with E-state index < -0.39 is 0 Å². The third kappa shape index (κ3) is 5.81. The maximum Gasteiger partial charge on any atom is 0.222 e. The van der Waals surface area contributed by atoms with Crippen molar-refractivity contribution in [2.45, 2.75) is 63.6 Å². The number of carbonyl (C=O) groups is 1. The van der Waals surface area contributed by atoms with Crippen LogP contribution in [0.25, 0.3) is 0 Å². The number of rotatable bonds is 10. The van der Waals surface area contributed by atoms with E-state index in [9.17, 15) is 4.79 Å². The van der Waals surface area contributed by atoms with Gasteiger partial charge in [0.25, 0.3) is 0 Å². The predicted molar refractivity (Wildman–Crippen MR) is 133 cm³/mol. The summed E-state index contributed by atoms with van der Waals surface area (Å²) in [5.41, 5.74) is 1.41. The summed E-state index contributed by atoms with van der Waals surface area (Å²) < 4.78 is 0. The van der Waals surface area contributed by atoms with Gasteiger partial charge in [-0.15, -0.1) is 23.2 Å². The maximum atomic E-state index is 12.8. The van der Waals surface area contributed by atoms with Gasteiger partial charge in [0.2, 0.25) is 5.91 Å². The zero-order valence-electron chi connectivity index (χ0n) is 19.3. The first-order valence-electron chi connectivity index (χ1n) is 12.6. The highest BCUT2D eigenvalue weighted by atomic mass is 35.5. The van der Waals surface area contributed by atoms with Crippen molar-refractivity contribution in [1.82, 2.24) is 14.7 Å². The van der Waals surface area contributed by atoms with Crippen molar-refractivity contribution in [3.63, 3.8) is 0 Å². The van der Waals surface area contributed by atoms with Crippen LogP contribution in [0.15, 0.2) is 30.3 Å². The molecule has 4 nitrogen and oxygen atoms in total. The Kier molecular flexibility index (Phi) is 9.16. The van der Waals surface area contributed by atoms with Crippen LogP contribution in [0, 0.1) is 11.8 Å². The molecule has 1 amide bonds. The molecule has 3 saturated heterocycles. The lowest BCUT2D eigenvalue weighted by Gasteiger charge is -2.57. The first kappa shape index (κ1) is 24.3. The minimum absolute atomic E-state index is 0.206. The van der Waals surface area contributed by atoms with E-state index in [1.54, 1.807) is 0 Å². The molecule has 1 aromatic carbocycles. The number of amides is 1. The lowest BCUT2D eigenvalue weighted by Crippen LogP contribution is -2.64. The van der Waals surface area contributed by atoms with E-state index in [4.69, 9.17) is 23.2 Å². The lowest BCUT2D eigenvalue weighted by molar-refractivity contribution is -0.131. The number of carbonyl (C=O) groups excluding carboxylic acids is 1. The molecule has 3 aliphatic heterocycles. The average Bonchev–Trinajstić information content (AvgIpc) is 2.81. The molecule has 32 heavy (non-hydrogen) atoms. The highest BCUT2D eigenvalue weighted by molar-refractivity contribution is 6.18.